The van der Waals surface area contributed by atoms with Crippen LogP contribution < -0.4 is 10.2 Å². The van der Waals surface area contributed by atoms with Crippen LogP contribution in [0.1, 0.15) is 20.3 Å². The standard InChI is InChI=1S/C10H17N5O2/c1-4-6-14(5-2)9-8(15(16)17)7-12-10(11-3)13-9/h7H,4-6H2,1-3H3,(H,11,12,13). The lowest BCUT2D eigenvalue weighted by Gasteiger charge is -2.20. The lowest BCUT2D eigenvalue weighted by Crippen LogP contribution is -2.25. The summed E-state index contributed by atoms with van der Waals surface area (Å²) >= 11 is 0. The van der Waals surface area contributed by atoms with E-state index in [0.29, 0.717) is 18.3 Å². The van der Waals surface area contributed by atoms with Crippen LogP contribution in [0, 0.1) is 10.1 Å². The summed E-state index contributed by atoms with van der Waals surface area (Å²) in [6.07, 6.45) is 2.15. The fraction of sp³-hybridized carbons (Fsp3) is 0.600. The molecular weight excluding hydrogens is 222 g/mol. The van der Waals surface area contributed by atoms with E-state index in [0.717, 1.165) is 13.0 Å². The van der Waals surface area contributed by atoms with Crippen molar-refractivity contribution in [3.63, 3.8) is 0 Å². The third-order valence-electron chi connectivity index (χ3n) is 2.35. The molecule has 0 radical (unpaired) electrons. The SMILES string of the molecule is CCCN(CC)c1nc(NC)ncc1[N+](=O)[O-]. The summed E-state index contributed by atoms with van der Waals surface area (Å²) in [5.41, 5.74) is -0.0562. The molecule has 0 aliphatic rings. The van der Waals surface area contributed by atoms with Crippen molar-refractivity contribution < 1.29 is 4.92 Å². The quantitative estimate of drug-likeness (QED) is 0.600. The summed E-state index contributed by atoms with van der Waals surface area (Å²) < 4.78 is 0. The molecule has 7 heteroatoms. The van der Waals surface area contributed by atoms with Crippen molar-refractivity contribution >= 4 is 17.5 Å². The number of nitrogens with zero attached hydrogens (tertiary/aromatic N) is 4. The molecular formula is C10H17N5O2. The summed E-state index contributed by atoms with van der Waals surface area (Å²) in [5.74, 6) is 0.763. The molecule has 0 spiro atoms. The molecule has 0 aliphatic heterocycles. The molecule has 0 saturated heterocycles. The van der Waals surface area contributed by atoms with Crippen molar-refractivity contribution in [3.8, 4) is 0 Å². The highest BCUT2D eigenvalue weighted by molar-refractivity contribution is 5.58. The van der Waals surface area contributed by atoms with Crippen LogP contribution in [0.4, 0.5) is 17.5 Å². The summed E-state index contributed by atoms with van der Waals surface area (Å²) in [6, 6.07) is 0. The second-order valence-corrected chi connectivity index (χ2v) is 3.49. The van der Waals surface area contributed by atoms with Crippen LogP contribution in [-0.4, -0.2) is 35.0 Å². The minimum Gasteiger partial charge on any atom is -0.357 e. The van der Waals surface area contributed by atoms with Gasteiger partial charge < -0.3 is 10.2 Å². The Balaban J connectivity index is 3.19. The van der Waals surface area contributed by atoms with Crippen LogP contribution >= 0.6 is 0 Å². The van der Waals surface area contributed by atoms with Gasteiger partial charge in [0.15, 0.2) is 0 Å². The zero-order chi connectivity index (χ0) is 12.8. The Kier molecular flexibility index (Phi) is 4.62. The predicted octanol–water partition coefficient (Wildman–Crippen LogP) is 1.66. The van der Waals surface area contributed by atoms with Crippen LogP contribution in [0.2, 0.25) is 0 Å². The first-order chi connectivity index (χ1) is 8.13. The summed E-state index contributed by atoms with van der Waals surface area (Å²) in [5, 5.41) is 13.7. The Hall–Kier alpha value is -1.92. The van der Waals surface area contributed by atoms with Crippen molar-refractivity contribution in [2.45, 2.75) is 20.3 Å². The summed E-state index contributed by atoms with van der Waals surface area (Å²) in [7, 11) is 1.68. The van der Waals surface area contributed by atoms with Gasteiger partial charge in [-0.1, -0.05) is 6.92 Å². The van der Waals surface area contributed by atoms with Gasteiger partial charge in [-0.05, 0) is 13.3 Å². The van der Waals surface area contributed by atoms with E-state index in [1.54, 1.807) is 7.05 Å². The molecule has 94 valence electrons. The van der Waals surface area contributed by atoms with Gasteiger partial charge >= 0.3 is 5.69 Å². The number of nitrogens with one attached hydrogen (secondary N) is 1. The number of nitro groups is 1. The number of rotatable bonds is 6. The first kappa shape index (κ1) is 13.1. The van der Waals surface area contributed by atoms with E-state index < -0.39 is 4.92 Å². The lowest BCUT2D eigenvalue weighted by atomic mass is 10.3. The number of aromatic nitrogens is 2. The molecule has 0 aromatic carbocycles. The first-order valence-corrected chi connectivity index (χ1v) is 5.58. The molecule has 0 aliphatic carbocycles. The lowest BCUT2D eigenvalue weighted by molar-refractivity contribution is -0.384. The molecule has 0 fully saturated rings. The Bertz CT molecular complexity index is 396. The molecule has 0 amide bonds. The van der Waals surface area contributed by atoms with Crippen molar-refractivity contribution in [1.82, 2.24) is 9.97 Å². The minimum absolute atomic E-state index is 0.0562. The predicted molar refractivity (Wildman–Crippen MR) is 66.4 cm³/mol. The molecule has 1 heterocycles. The monoisotopic (exact) mass is 239 g/mol. The fourth-order valence-electron chi connectivity index (χ4n) is 1.53. The maximum absolute atomic E-state index is 10.9. The van der Waals surface area contributed by atoms with Crippen LogP contribution in [0.15, 0.2) is 6.20 Å². The average molecular weight is 239 g/mol. The van der Waals surface area contributed by atoms with E-state index in [1.165, 1.54) is 6.20 Å². The van der Waals surface area contributed by atoms with Gasteiger partial charge in [-0.3, -0.25) is 10.1 Å². The van der Waals surface area contributed by atoms with E-state index in [2.05, 4.69) is 15.3 Å². The normalized spacial score (nSPS) is 10.1. The molecule has 17 heavy (non-hydrogen) atoms. The number of anilines is 2. The summed E-state index contributed by atoms with van der Waals surface area (Å²) in [4.78, 5) is 20.4. The van der Waals surface area contributed by atoms with Gasteiger partial charge in [0.05, 0.1) is 4.92 Å². The van der Waals surface area contributed by atoms with Crippen molar-refractivity contribution in [2.75, 3.05) is 30.4 Å². The Morgan fingerprint density at radius 1 is 1.53 bits per heavy atom. The van der Waals surface area contributed by atoms with Gasteiger partial charge in [0.2, 0.25) is 11.8 Å². The Morgan fingerprint density at radius 2 is 2.24 bits per heavy atom. The average Bonchev–Trinajstić information content (AvgIpc) is 2.35. The topological polar surface area (TPSA) is 84.2 Å². The van der Waals surface area contributed by atoms with Crippen LogP contribution in [0.25, 0.3) is 0 Å². The van der Waals surface area contributed by atoms with Crippen LogP contribution in [0.3, 0.4) is 0 Å². The summed E-state index contributed by atoms with van der Waals surface area (Å²) in [6.45, 7) is 5.38. The highest BCUT2D eigenvalue weighted by atomic mass is 16.6. The van der Waals surface area contributed by atoms with Gasteiger partial charge in [0.25, 0.3) is 0 Å². The smallest absolute Gasteiger partial charge is 0.329 e. The zero-order valence-electron chi connectivity index (χ0n) is 10.3. The minimum atomic E-state index is -0.451. The molecule has 0 saturated carbocycles. The van der Waals surface area contributed by atoms with E-state index in [9.17, 15) is 10.1 Å². The zero-order valence-corrected chi connectivity index (χ0v) is 10.3. The van der Waals surface area contributed by atoms with E-state index in [1.807, 2.05) is 18.7 Å². The van der Waals surface area contributed by atoms with Crippen molar-refractivity contribution in [3.05, 3.63) is 16.3 Å². The fourth-order valence-corrected chi connectivity index (χ4v) is 1.53. The largest absolute Gasteiger partial charge is 0.357 e. The Labute approximate surface area is 100 Å². The highest BCUT2D eigenvalue weighted by Gasteiger charge is 2.21. The van der Waals surface area contributed by atoms with Gasteiger partial charge in [0, 0.05) is 20.1 Å². The second kappa shape index (κ2) is 5.97. The van der Waals surface area contributed by atoms with E-state index >= 15 is 0 Å². The molecule has 1 aromatic heterocycles. The van der Waals surface area contributed by atoms with Crippen LogP contribution in [-0.2, 0) is 0 Å². The molecule has 7 nitrogen and oxygen atoms in total. The van der Waals surface area contributed by atoms with Crippen molar-refractivity contribution in [1.29, 1.82) is 0 Å². The van der Waals surface area contributed by atoms with Gasteiger partial charge in [-0.25, -0.2) is 4.98 Å². The van der Waals surface area contributed by atoms with E-state index in [-0.39, 0.29) is 5.69 Å². The third-order valence-corrected chi connectivity index (χ3v) is 2.35. The molecule has 1 aromatic rings. The van der Waals surface area contributed by atoms with E-state index in [4.69, 9.17) is 0 Å². The number of hydrogen-bond acceptors (Lipinski definition) is 6. The molecule has 0 unspecified atom stereocenters. The van der Waals surface area contributed by atoms with Crippen molar-refractivity contribution in [2.24, 2.45) is 0 Å². The Morgan fingerprint density at radius 3 is 2.71 bits per heavy atom. The first-order valence-electron chi connectivity index (χ1n) is 5.58. The van der Waals surface area contributed by atoms with Gasteiger partial charge in [-0.2, -0.15) is 4.98 Å². The highest BCUT2D eigenvalue weighted by Crippen LogP contribution is 2.25. The van der Waals surface area contributed by atoms with Gasteiger partial charge in [-0.15, -0.1) is 0 Å². The number of hydrogen-bond donors (Lipinski definition) is 1. The molecule has 0 bridgehead atoms. The molecule has 1 N–H and O–H groups in total. The second-order valence-electron chi connectivity index (χ2n) is 3.49. The van der Waals surface area contributed by atoms with Crippen LogP contribution in [0.5, 0.6) is 0 Å². The van der Waals surface area contributed by atoms with Gasteiger partial charge in [0.1, 0.15) is 6.20 Å². The molecule has 0 atom stereocenters. The molecule has 1 rings (SSSR count). The maximum Gasteiger partial charge on any atom is 0.329 e. The maximum atomic E-state index is 10.9. The third kappa shape index (κ3) is 3.02.